The molecule has 1 aliphatic carbocycles. The minimum Gasteiger partial charge on any atom is -0.495 e. The van der Waals surface area contributed by atoms with Gasteiger partial charge in [-0.15, -0.1) is 0 Å². The molecule has 1 saturated heterocycles. The van der Waals surface area contributed by atoms with Crippen molar-refractivity contribution >= 4 is 23.4 Å². The van der Waals surface area contributed by atoms with Crippen LogP contribution in [0.15, 0.2) is 24.4 Å². The standard InChI is InChI=1S/C25H33F3N6O2.C2H6/c1-34-12-10-18(11-13-34)31-23(35)16-8-9-20(21(14-16)36-2)32-24-29-15-19(25(26,27)28)22(33-24)30-17-6-4-3-5-7-17;1-2/h8-9,14-15,17-18H,3-7,10-13H2,1-2H3,(H,31,35)(H2,29,30,32,33);1-2H3. The predicted molar refractivity (Wildman–Crippen MR) is 143 cm³/mol. The second-order valence-electron chi connectivity index (χ2n) is 9.52. The monoisotopic (exact) mass is 536 g/mol. The Morgan fingerprint density at radius 1 is 1.05 bits per heavy atom. The largest absolute Gasteiger partial charge is 0.495 e. The third-order valence-corrected chi connectivity index (χ3v) is 6.80. The highest BCUT2D eigenvalue weighted by Gasteiger charge is 2.36. The molecule has 1 amide bonds. The summed E-state index contributed by atoms with van der Waals surface area (Å²) >= 11 is 0. The Bertz CT molecular complexity index is 1050. The highest BCUT2D eigenvalue weighted by atomic mass is 19.4. The zero-order valence-corrected chi connectivity index (χ0v) is 22.6. The Labute approximate surface area is 222 Å². The number of piperidine rings is 1. The van der Waals surface area contributed by atoms with E-state index >= 15 is 0 Å². The molecule has 11 heteroatoms. The molecule has 1 aromatic carbocycles. The van der Waals surface area contributed by atoms with Crippen LogP contribution in [0.1, 0.15) is 74.7 Å². The van der Waals surface area contributed by atoms with Crippen molar-refractivity contribution in [3.63, 3.8) is 0 Å². The van der Waals surface area contributed by atoms with E-state index in [1.807, 2.05) is 13.8 Å². The Morgan fingerprint density at radius 3 is 2.37 bits per heavy atom. The van der Waals surface area contributed by atoms with Gasteiger partial charge in [0.1, 0.15) is 17.1 Å². The number of methoxy groups -OCH3 is 1. The van der Waals surface area contributed by atoms with Gasteiger partial charge in [-0.3, -0.25) is 4.79 Å². The number of hydrogen-bond acceptors (Lipinski definition) is 7. The first-order chi connectivity index (χ1) is 18.2. The molecule has 1 aliphatic heterocycles. The smallest absolute Gasteiger partial charge is 0.421 e. The second kappa shape index (κ2) is 13.6. The minimum atomic E-state index is -4.57. The van der Waals surface area contributed by atoms with E-state index in [0.29, 0.717) is 17.0 Å². The lowest BCUT2D eigenvalue weighted by Crippen LogP contribution is -2.43. The van der Waals surface area contributed by atoms with Crippen LogP contribution in [0.2, 0.25) is 0 Å². The molecule has 2 aliphatic rings. The third kappa shape index (κ3) is 7.96. The Morgan fingerprint density at radius 2 is 1.74 bits per heavy atom. The van der Waals surface area contributed by atoms with Crippen LogP contribution in [0.25, 0.3) is 0 Å². The predicted octanol–water partition coefficient (Wildman–Crippen LogP) is 5.84. The lowest BCUT2D eigenvalue weighted by Gasteiger charge is -2.29. The van der Waals surface area contributed by atoms with Gasteiger partial charge in [0.25, 0.3) is 5.91 Å². The molecule has 38 heavy (non-hydrogen) atoms. The highest BCUT2D eigenvalue weighted by Crippen LogP contribution is 2.36. The molecule has 0 bridgehead atoms. The fraction of sp³-hybridized carbons (Fsp3) is 0.593. The van der Waals surface area contributed by atoms with E-state index in [2.05, 4.69) is 37.9 Å². The summed E-state index contributed by atoms with van der Waals surface area (Å²) in [5.74, 6) is -0.0707. The molecule has 1 aromatic heterocycles. The van der Waals surface area contributed by atoms with Crippen molar-refractivity contribution in [1.82, 2.24) is 20.2 Å². The van der Waals surface area contributed by atoms with Crippen LogP contribution in [-0.2, 0) is 6.18 Å². The first-order valence-electron chi connectivity index (χ1n) is 13.4. The van der Waals surface area contributed by atoms with Crippen LogP contribution in [0.4, 0.5) is 30.6 Å². The number of carbonyl (C=O) groups excluding carboxylic acids is 1. The maximum atomic E-state index is 13.6. The fourth-order valence-electron chi connectivity index (χ4n) is 4.68. The lowest BCUT2D eigenvalue weighted by molar-refractivity contribution is -0.137. The quantitative estimate of drug-likeness (QED) is 0.409. The van der Waals surface area contributed by atoms with E-state index in [1.54, 1.807) is 18.2 Å². The van der Waals surface area contributed by atoms with Crippen molar-refractivity contribution in [2.45, 2.75) is 77.1 Å². The number of halogens is 3. The highest BCUT2D eigenvalue weighted by molar-refractivity contribution is 5.95. The molecule has 0 atom stereocenters. The molecular weight excluding hydrogens is 497 g/mol. The summed E-state index contributed by atoms with van der Waals surface area (Å²) in [4.78, 5) is 23.0. The van der Waals surface area contributed by atoms with Gasteiger partial charge in [-0.25, -0.2) is 4.98 Å². The van der Waals surface area contributed by atoms with Crippen LogP contribution < -0.4 is 20.7 Å². The van der Waals surface area contributed by atoms with E-state index in [1.165, 1.54) is 7.11 Å². The summed E-state index contributed by atoms with van der Waals surface area (Å²) in [7, 11) is 3.52. The topological polar surface area (TPSA) is 91.4 Å². The van der Waals surface area contributed by atoms with E-state index in [-0.39, 0.29) is 29.8 Å². The number of nitrogens with one attached hydrogen (secondary N) is 3. The number of anilines is 3. The number of carbonyl (C=O) groups is 1. The summed E-state index contributed by atoms with van der Waals surface area (Å²) in [5, 5.41) is 8.98. The van der Waals surface area contributed by atoms with Crippen molar-refractivity contribution in [2.24, 2.45) is 0 Å². The van der Waals surface area contributed by atoms with Crippen LogP contribution in [0.3, 0.4) is 0 Å². The Hall–Kier alpha value is -3.08. The van der Waals surface area contributed by atoms with Gasteiger partial charge in [-0.2, -0.15) is 18.2 Å². The van der Waals surface area contributed by atoms with Crippen LogP contribution >= 0.6 is 0 Å². The van der Waals surface area contributed by atoms with Gasteiger partial charge >= 0.3 is 6.18 Å². The minimum absolute atomic E-state index is 0.00290. The fourth-order valence-corrected chi connectivity index (χ4v) is 4.68. The molecule has 3 N–H and O–H groups in total. The third-order valence-electron chi connectivity index (χ3n) is 6.80. The van der Waals surface area contributed by atoms with Gasteiger partial charge in [0, 0.05) is 23.8 Å². The summed E-state index contributed by atoms with van der Waals surface area (Å²) < 4.78 is 46.2. The maximum Gasteiger partial charge on any atom is 0.421 e. The lowest BCUT2D eigenvalue weighted by atomic mass is 9.95. The Balaban J connectivity index is 0.00000195. The first kappa shape index (κ1) is 29.5. The zero-order valence-electron chi connectivity index (χ0n) is 22.6. The van der Waals surface area contributed by atoms with E-state index < -0.39 is 11.7 Å². The first-order valence-corrected chi connectivity index (χ1v) is 13.4. The van der Waals surface area contributed by atoms with Crippen molar-refractivity contribution in [2.75, 3.05) is 37.9 Å². The maximum absolute atomic E-state index is 13.6. The average Bonchev–Trinajstić information content (AvgIpc) is 2.91. The van der Waals surface area contributed by atoms with Crippen LogP contribution in [0.5, 0.6) is 5.75 Å². The molecule has 0 unspecified atom stereocenters. The molecule has 2 heterocycles. The number of nitrogens with zero attached hydrogens (tertiary/aromatic N) is 3. The van der Waals surface area contributed by atoms with Crippen LogP contribution in [0, 0.1) is 0 Å². The zero-order chi connectivity index (χ0) is 27.7. The summed E-state index contributed by atoms with van der Waals surface area (Å²) in [6, 6.07) is 4.93. The molecule has 8 nitrogen and oxygen atoms in total. The molecule has 0 spiro atoms. The van der Waals surface area contributed by atoms with E-state index in [9.17, 15) is 18.0 Å². The number of alkyl halides is 3. The van der Waals surface area contributed by atoms with Gasteiger partial charge in [0.2, 0.25) is 5.95 Å². The average molecular weight is 537 g/mol. The molecule has 0 radical (unpaired) electrons. The normalized spacial score (nSPS) is 17.2. The van der Waals surface area contributed by atoms with Gasteiger partial charge in [-0.05, 0) is 64.0 Å². The van der Waals surface area contributed by atoms with E-state index in [4.69, 9.17) is 4.74 Å². The van der Waals surface area contributed by atoms with E-state index in [0.717, 1.165) is 64.2 Å². The number of rotatable bonds is 7. The van der Waals surface area contributed by atoms with Gasteiger partial charge < -0.3 is 25.6 Å². The molecule has 2 aromatic rings. The number of aromatic nitrogens is 2. The number of likely N-dealkylation sites (tertiary alicyclic amines) is 1. The summed E-state index contributed by atoms with van der Waals surface area (Å²) in [5.41, 5.74) is -0.0208. The number of ether oxygens (including phenoxy) is 1. The summed E-state index contributed by atoms with van der Waals surface area (Å²) in [6.45, 7) is 5.86. The molecule has 1 saturated carbocycles. The van der Waals surface area contributed by atoms with Gasteiger partial charge in [-0.1, -0.05) is 33.1 Å². The van der Waals surface area contributed by atoms with Gasteiger partial charge in [0.15, 0.2) is 0 Å². The molecule has 210 valence electrons. The number of amides is 1. The van der Waals surface area contributed by atoms with Crippen LogP contribution in [-0.4, -0.2) is 60.1 Å². The van der Waals surface area contributed by atoms with Crippen molar-refractivity contribution in [3.05, 3.63) is 35.5 Å². The summed E-state index contributed by atoms with van der Waals surface area (Å²) in [6.07, 6.45) is 2.65. The molecular formula is C27H39F3N6O2. The number of benzene rings is 1. The van der Waals surface area contributed by atoms with Crippen molar-refractivity contribution in [3.8, 4) is 5.75 Å². The van der Waals surface area contributed by atoms with Crippen molar-refractivity contribution < 1.29 is 22.7 Å². The second-order valence-corrected chi connectivity index (χ2v) is 9.52. The SMILES string of the molecule is CC.COc1cc(C(=O)NC2CCN(C)CC2)ccc1Nc1ncc(C(F)(F)F)c(NC2CCCCC2)n1. The number of hydrogen-bond donors (Lipinski definition) is 3. The molecule has 2 fully saturated rings. The molecule has 4 rings (SSSR count). The van der Waals surface area contributed by atoms with Crippen molar-refractivity contribution in [1.29, 1.82) is 0 Å². The Kier molecular flexibility index (Phi) is 10.6. The van der Waals surface area contributed by atoms with Gasteiger partial charge in [0.05, 0.1) is 12.8 Å².